The molecule has 0 aliphatic heterocycles. The summed E-state index contributed by atoms with van der Waals surface area (Å²) in [5, 5.41) is 0. The van der Waals surface area contributed by atoms with E-state index in [-0.39, 0.29) is 0 Å². The first-order valence-corrected chi connectivity index (χ1v) is 7.38. The summed E-state index contributed by atoms with van der Waals surface area (Å²) in [6.07, 6.45) is 0. The van der Waals surface area contributed by atoms with Gasteiger partial charge in [-0.3, -0.25) is 0 Å². The minimum Gasteiger partial charge on any atom is -0.496 e. The van der Waals surface area contributed by atoms with Crippen molar-refractivity contribution in [3.05, 3.63) is 34.1 Å². The normalized spacial score (nSPS) is 11.2. The van der Waals surface area contributed by atoms with Crippen molar-refractivity contribution in [2.75, 3.05) is 7.11 Å². The highest BCUT2D eigenvalue weighted by atomic mass is 79.9. The van der Waals surface area contributed by atoms with Gasteiger partial charge in [-0.05, 0) is 45.6 Å². The van der Waals surface area contributed by atoms with Gasteiger partial charge in [-0.25, -0.2) is 4.98 Å². The number of hydrogen-bond donors (Lipinski definition) is 1. The van der Waals surface area contributed by atoms with Crippen molar-refractivity contribution in [3.8, 4) is 17.1 Å². The zero-order valence-electron chi connectivity index (χ0n) is 12.3. The highest BCUT2D eigenvalue weighted by molar-refractivity contribution is 9.10. The van der Waals surface area contributed by atoms with Gasteiger partial charge in [-0.15, -0.1) is 0 Å². The molecule has 5 heteroatoms. The number of ether oxygens (including phenoxy) is 1. The van der Waals surface area contributed by atoms with Gasteiger partial charge in [0.1, 0.15) is 16.2 Å². The molecule has 0 saturated carbocycles. The molecular weight excluding hydrogens is 318 g/mol. The largest absolute Gasteiger partial charge is 0.496 e. The molecule has 2 rings (SSSR count). The lowest BCUT2D eigenvalue weighted by Gasteiger charge is -2.13. The lowest BCUT2D eigenvalue weighted by atomic mass is 9.99. The highest BCUT2D eigenvalue weighted by Crippen LogP contribution is 2.32. The molecule has 108 valence electrons. The number of aromatic nitrogens is 2. The van der Waals surface area contributed by atoms with E-state index in [1.165, 1.54) is 5.56 Å². The van der Waals surface area contributed by atoms with E-state index in [1.807, 2.05) is 23.7 Å². The fourth-order valence-corrected chi connectivity index (χ4v) is 2.67. The van der Waals surface area contributed by atoms with E-state index in [4.69, 9.17) is 10.5 Å². The predicted octanol–water partition coefficient (Wildman–Crippen LogP) is 3.44. The lowest BCUT2D eigenvalue weighted by molar-refractivity contribution is 0.407. The van der Waals surface area contributed by atoms with Gasteiger partial charge in [0.25, 0.3) is 0 Å². The summed E-state index contributed by atoms with van der Waals surface area (Å²) < 4.78 is 8.36. The third-order valence-corrected chi connectivity index (χ3v) is 4.38. The van der Waals surface area contributed by atoms with E-state index < -0.39 is 0 Å². The number of rotatable bonds is 4. The molecule has 0 unspecified atom stereocenters. The number of hydrogen-bond acceptors (Lipinski definition) is 3. The number of nitrogens with two attached hydrogens (primary N) is 1. The Labute approximate surface area is 128 Å². The van der Waals surface area contributed by atoms with Gasteiger partial charge in [0.2, 0.25) is 0 Å². The molecule has 2 aromatic rings. The van der Waals surface area contributed by atoms with Crippen LogP contribution in [-0.4, -0.2) is 16.7 Å². The van der Waals surface area contributed by atoms with Crippen molar-refractivity contribution in [1.29, 1.82) is 0 Å². The Morgan fingerprint density at radius 3 is 2.60 bits per heavy atom. The van der Waals surface area contributed by atoms with E-state index in [1.54, 1.807) is 7.11 Å². The van der Waals surface area contributed by atoms with Crippen LogP contribution in [0.5, 0.6) is 5.75 Å². The molecule has 1 heterocycles. The Balaban J connectivity index is 2.56. The molecule has 2 N–H and O–H groups in total. The third-order valence-electron chi connectivity index (χ3n) is 3.39. The molecule has 1 aromatic heterocycles. The summed E-state index contributed by atoms with van der Waals surface area (Å²) in [5.41, 5.74) is 8.82. The number of halogens is 1. The topological polar surface area (TPSA) is 53.1 Å². The second-order valence-corrected chi connectivity index (χ2v) is 5.80. The summed E-state index contributed by atoms with van der Waals surface area (Å²) in [7, 11) is 3.68. The Morgan fingerprint density at radius 1 is 1.40 bits per heavy atom. The minimum absolute atomic E-state index is 0.391. The van der Waals surface area contributed by atoms with Crippen LogP contribution in [0.15, 0.2) is 22.8 Å². The molecule has 1 aromatic carbocycles. The Bertz CT molecular complexity index is 620. The molecular formula is C15H20BrN3O. The summed E-state index contributed by atoms with van der Waals surface area (Å²) in [6.45, 7) is 4.73. The summed E-state index contributed by atoms with van der Waals surface area (Å²) >= 11 is 3.53. The van der Waals surface area contributed by atoms with Crippen molar-refractivity contribution >= 4 is 15.9 Å². The summed E-state index contributed by atoms with van der Waals surface area (Å²) in [6, 6.07) is 6.16. The molecule has 0 aliphatic carbocycles. The monoisotopic (exact) mass is 337 g/mol. The summed E-state index contributed by atoms with van der Waals surface area (Å²) in [4.78, 5) is 4.60. The molecule has 0 aliphatic rings. The second kappa shape index (κ2) is 5.97. The van der Waals surface area contributed by atoms with E-state index in [0.717, 1.165) is 27.4 Å². The zero-order chi connectivity index (χ0) is 14.9. The first-order chi connectivity index (χ1) is 9.49. The van der Waals surface area contributed by atoms with Crippen LogP contribution in [0.25, 0.3) is 11.4 Å². The van der Waals surface area contributed by atoms with Crippen molar-refractivity contribution in [2.45, 2.75) is 26.3 Å². The number of nitrogens with zero attached hydrogens (tertiary/aromatic N) is 2. The number of benzene rings is 1. The Hall–Kier alpha value is -1.33. The van der Waals surface area contributed by atoms with Gasteiger partial charge in [0.15, 0.2) is 0 Å². The van der Waals surface area contributed by atoms with Crippen molar-refractivity contribution in [2.24, 2.45) is 12.8 Å². The van der Waals surface area contributed by atoms with Gasteiger partial charge < -0.3 is 15.0 Å². The average Bonchev–Trinajstić information content (AvgIpc) is 2.74. The van der Waals surface area contributed by atoms with Gasteiger partial charge in [-0.2, -0.15) is 0 Å². The Morgan fingerprint density at radius 2 is 2.10 bits per heavy atom. The average molecular weight is 338 g/mol. The maximum atomic E-state index is 5.71. The maximum absolute atomic E-state index is 5.71. The van der Waals surface area contributed by atoms with Crippen LogP contribution in [-0.2, 0) is 13.6 Å². The molecule has 0 saturated heterocycles. The second-order valence-electron chi connectivity index (χ2n) is 5.05. The quantitative estimate of drug-likeness (QED) is 0.929. The van der Waals surface area contributed by atoms with Crippen LogP contribution in [0.1, 0.15) is 31.0 Å². The molecule has 0 fully saturated rings. The number of methoxy groups -OCH3 is 1. The van der Waals surface area contributed by atoms with Crippen LogP contribution in [0, 0.1) is 0 Å². The van der Waals surface area contributed by atoms with E-state index in [0.29, 0.717) is 12.5 Å². The van der Waals surface area contributed by atoms with Gasteiger partial charge >= 0.3 is 0 Å². The maximum Gasteiger partial charge on any atom is 0.140 e. The van der Waals surface area contributed by atoms with Crippen LogP contribution in [0.3, 0.4) is 0 Å². The molecule has 0 atom stereocenters. The predicted molar refractivity (Wildman–Crippen MR) is 84.9 cm³/mol. The molecule has 0 radical (unpaired) electrons. The molecule has 0 amide bonds. The molecule has 20 heavy (non-hydrogen) atoms. The van der Waals surface area contributed by atoms with Crippen LogP contribution in [0.2, 0.25) is 0 Å². The smallest absolute Gasteiger partial charge is 0.140 e. The van der Waals surface area contributed by atoms with E-state index in [2.05, 4.69) is 40.8 Å². The van der Waals surface area contributed by atoms with Gasteiger partial charge in [-0.1, -0.05) is 13.8 Å². The lowest BCUT2D eigenvalue weighted by Crippen LogP contribution is -1.97. The third kappa shape index (κ3) is 2.60. The van der Waals surface area contributed by atoms with Crippen molar-refractivity contribution in [3.63, 3.8) is 0 Å². The standard InChI is InChI=1S/C15H20BrN3O/c1-9(2)11-7-10(5-6-13(11)20-4)15-18-12(8-17)14(16)19(15)3/h5-7,9H,8,17H2,1-4H3. The van der Waals surface area contributed by atoms with Crippen LogP contribution >= 0.6 is 15.9 Å². The van der Waals surface area contributed by atoms with Crippen LogP contribution in [0.4, 0.5) is 0 Å². The zero-order valence-corrected chi connectivity index (χ0v) is 13.9. The SMILES string of the molecule is COc1ccc(-c2nc(CN)c(Br)n2C)cc1C(C)C. The number of imidazole rings is 1. The Kier molecular flexibility index (Phi) is 4.50. The highest BCUT2D eigenvalue weighted by Gasteiger charge is 2.15. The summed E-state index contributed by atoms with van der Waals surface area (Å²) in [5.74, 6) is 2.21. The van der Waals surface area contributed by atoms with Gasteiger partial charge in [0.05, 0.1) is 12.8 Å². The minimum atomic E-state index is 0.391. The van der Waals surface area contributed by atoms with Crippen molar-refractivity contribution < 1.29 is 4.74 Å². The fraction of sp³-hybridized carbons (Fsp3) is 0.400. The van der Waals surface area contributed by atoms with E-state index in [9.17, 15) is 0 Å². The first kappa shape index (κ1) is 15.1. The van der Waals surface area contributed by atoms with Gasteiger partial charge in [0, 0.05) is 19.2 Å². The van der Waals surface area contributed by atoms with Crippen LogP contribution < -0.4 is 10.5 Å². The van der Waals surface area contributed by atoms with Crippen molar-refractivity contribution in [1.82, 2.24) is 9.55 Å². The first-order valence-electron chi connectivity index (χ1n) is 6.59. The fourth-order valence-electron chi connectivity index (χ4n) is 2.25. The van der Waals surface area contributed by atoms with E-state index >= 15 is 0 Å². The molecule has 0 bridgehead atoms. The molecule has 0 spiro atoms. The molecule has 4 nitrogen and oxygen atoms in total.